The molecule has 2 heterocycles. The number of hydrogen-bond acceptors (Lipinski definition) is 5. The molecule has 2 aliphatic rings. The van der Waals surface area contributed by atoms with Crippen molar-refractivity contribution in [3.63, 3.8) is 0 Å². The van der Waals surface area contributed by atoms with Crippen molar-refractivity contribution in [2.45, 2.75) is 64.1 Å². The van der Waals surface area contributed by atoms with Crippen molar-refractivity contribution in [1.29, 1.82) is 0 Å². The molecular weight excluding hydrogens is 485 g/mol. The number of aromatic nitrogens is 1. The third kappa shape index (κ3) is 7.52. The number of hydrogen-bond donors (Lipinski definition) is 2. The minimum absolute atomic E-state index is 0. The molecule has 3 N–H and O–H groups in total. The van der Waals surface area contributed by atoms with Crippen molar-refractivity contribution in [2.24, 2.45) is 10.7 Å². The number of ether oxygens (including phenoxy) is 2. The second-order valence-corrected chi connectivity index (χ2v) is 7.33. The van der Waals surface area contributed by atoms with Crippen LogP contribution in [0.4, 0.5) is 4.79 Å². The van der Waals surface area contributed by atoms with Crippen LogP contribution in [0.15, 0.2) is 23.3 Å². The molecule has 9 heteroatoms. The standard InChI is InChI=1S/C20H31N5O3.HI/c1-2-27-20(26)25-11-8-16(9-12-25)24-19(21)23-14-15-7-10-22-18(13-15)28-17-5-3-4-6-17;/h7,10,13,16-17H,2-6,8-9,11-12,14H2,1H3,(H3,21,23,24);1H. The maximum atomic E-state index is 11.7. The highest BCUT2D eigenvalue weighted by atomic mass is 127. The maximum Gasteiger partial charge on any atom is 0.409 e. The number of likely N-dealkylation sites (tertiary alicyclic amines) is 1. The van der Waals surface area contributed by atoms with Gasteiger partial charge in [0.1, 0.15) is 6.10 Å². The number of piperidine rings is 1. The highest BCUT2D eigenvalue weighted by molar-refractivity contribution is 14.0. The topological polar surface area (TPSA) is 102 Å². The summed E-state index contributed by atoms with van der Waals surface area (Å²) in [4.78, 5) is 22.2. The molecule has 29 heavy (non-hydrogen) atoms. The number of carbonyl (C=O) groups excluding carboxylic acids is 1. The first kappa shape index (κ1) is 23.5. The molecule has 162 valence electrons. The van der Waals surface area contributed by atoms with Crippen LogP contribution in [0, 0.1) is 0 Å². The monoisotopic (exact) mass is 517 g/mol. The van der Waals surface area contributed by atoms with E-state index >= 15 is 0 Å². The van der Waals surface area contributed by atoms with Gasteiger partial charge in [-0.3, -0.25) is 0 Å². The molecule has 8 nitrogen and oxygen atoms in total. The van der Waals surface area contributed by atoms with E-state index in [0.717, 1.165) is 31.2 Å². The van der Waals surface area contributed by atoms with Crippen LogP contribution in [0.3, 0.4) is 0 Å². The van der Waals surface area contributed by atoms with Gasteiger partial charge in [-0.1, -0.05) is 0 Å². The van der Waals surface area contributed by atoms with E-state index in [4.69, 9.17) is 15.2 Å². The molecule has 1 aliphatic heterocycles. The lowest BCUT2D eigenvalue weighted by Gasteiger charge is -2.31. The molecule has 3 rings (SSSR count). The highest BCUT2D eigenvalue weighted by Crippen LogP contribution is 2.23. The van der Waals surface area contributed by atoms with Gasteiger partial charge in [-0.25, -0.2) is 14.8 Å². The molecule has 1 saturated carbocycles. The summed E-state index contributed by atoms with van der Waals surface area (Å²) in [7, 11) is 0. The molecule has 1 saturated heterocycles. The number of guanidine groups is 1. The van der Waals surface area contributed by atoms with Crippen LogP contribution in [0.25, 0.3) is 0 Å². The second kappa shape index (κ2) is 12.0. The summed E-state index contributed by atoms with van der Waals surface area (Å²) in [5, 5.41) is 3.26. The number of pyridine rings is 1. The molecule has 0 bridgehead atoms. The Labute approximate surface area is 189 Å². The van der Waals surface area contributed by atoms with Crippen molar-refractivity contribution in [1.82, 2.24) is 15.2 Å². The lowest BCUT2D eigenvalue weighted by molar-refractivity contribution is 0.0963. The average Bonchev–Trinajstić information content (AvgIpc) is 3.20. The normalized spacial score (nSPS) is 18.2. The average molecular weight is 517 g/mol. The van der Waals surface area contributed by atoms with Gasteiger partial charge in [-0.05, 0) is 57.1 Å². The quantitative estimate of drug-likeness (QED) is 0.342. The Morgan fingerprint density at radius 1 is 1.31 bits per heavy atom. The summed E-state index contributed by atoms with van der Waals surface area (Å²) in [5.41, 5.74) is 7.07. The molecule has 1 aromatic heterocycles. The molecule has 1 amide bonds. The van der Waals surface area contributed by atoms with Gasteiger partial charge in [0.2, 0.25) is 5.88 Å². The molecule has 0 unspecified atom stereocenters. The SMILES string of the molecule is CCOC(=O)N1CCC(NC(N)=NCc2ccnc(OC3CCCC3)c2)CC1.I. The Bertz CT molecular complexity index is 674. The first-order valence-electron chi connectivity index (χ1n) is 10.2. The number of nitrogens with two attached hydrogens (primary N) is 1. The van der Waals surface area contributed by atoms with Crippen molar-refractivity contribution in [3.8, 4) is 5.88 Å². The van der Waals surface area contributed by atoms with Gasteiger partial charge >= 0.3 is 6.09 Å². The fraction of sp³-hybridized carbons (Fsp3) is 0.650. The summed E-state index contributed by atoms with van der Waals surface area (Å²) in [5.74, 6) is 1.09. The molecule has 0 atom stereocenters. The van der Waals surface area contributed by atoms with Gasteiger partial charge in [-0.2, -0.15) is 0 Å². The first-order chi connectivity index (χ1) is 13.6. The van der Waals surface area contributed by atoms with Gasteiger partial charge in [0.15, 0.2) is 5.96 Å². The highest BCUT2D eigenvalue weighted by Gasteiger charge is 2.23. The van der Waals surface area contributed by atoms with Crippen molar-refractivity contribution in [3.05, 3.63) is 23.9 Å². The zero-order valence-electron chi connectivity index (χ0n) is 17.0. The van der Waals surface area contributed by atoms with Crippen molar-refractivity contribution < 1.29 is 14.3 Å². The molecule has 2 fully saturated rings. The second-order valence-electron chi connectivity index (χ2n) is 7.33. The lowest BCUT2D eigenvalue weighted by Crippen LogP contribution is -2.48. The van der Waals surface area contributed by atoms with Gasteiger partial charge in [0.05, 0.1) is 13.2 Å². The fourth-order valence-electron chi connectivity index (χ4n) is 3.64. The summed E-state index contributed by atoms with van der Waals surface area (Å²) >= 11 is 0. The van der Waals surface area contributed by atoms with Crippen LogP contribution in [-0.2, 0) is 11.3 Å². The maximum absolute atomic E-state index is 11.7. The van der Waals surface area contributed by atoms with Crippen LogP contribution in [-0.4, -0.2) is 53.8 Å². The number of nitrogens with one attached hydrogen (secondary N) is 1. The number of aliphatic imine (C=N–C) groups is 1. The predicted octanol–water partition coefficient (Wildman–Crippen LogP) is 3.05. The first-order valence-corrected chi connectivity index (χ1v) is 10.2. The van der Waals surface area contributed by atoms with E-state index in [0.29, 0.717) is 44.2 Å². The Kier molecular flexibility index (Phi) is 9.75. The minimum Gasteiger partial charge on any atom is -0.474 e. The van der Waals surface area contributed by atoms with Gasteiger partial charge < -0.3 is 25.4 Å². The number of halogens is 1. The van der Waals surface area contributed by atoms with E-state index in [1.807, 2.05) is 19.1 Å². The number of amides is 1. The number of nitrogens with zero attached hydrogens (tertiary/aromatic N) is 3. The third-order valence-electron chi connectivity index (χ3n) is 5.19. The third-order valence-corrected chi connectivity index (χ3v) is 5.19. The van der Waals surface area contributed by atoms with E-state index < -0.39 is 0 Å². The molecule has 0 radical (unpaired) electrons. The van der Waals surface area contributed by atoms with E-state index in [-0.39, 0.29) is 36.1 Å². The van der Waals surface area contributed by atoms with Crippen LogP contribution < -0.4 is 15.8 Å². The largest absolute Gasteiger partial charge is 0.474 e. The van der Waals surface area contributed by atoms with Crippen LogP contribution in [0.1, 0.15) is 51.0 Å². The Hall–Kier alpha value is -1.78. The van der Waals surface area contributed by atoms with Gasteiger partial charge in [0.25, 0.3) is 0 Å². The lowest BCUT2D eigenvalue weighted by atomic mass is 10.1. The Balaban J connectivity index is 0.00000300. The van der Waals surface area contributed by atoms with E-state index in [1.165, 1.54) is 12.8 Å². The van der Waals surface area contributed by atoms with Crippen LogP contribution in [0.5, 0.6) is 5.88 Å². The summed E-state index contributed by atoms with van der Waals surface area (Å²) in [6, 6.07) is 4.08. The predicted molar refractivity (Wildman–Crippen MR) is 123 cm³/mol. The molecule has 0 spiro atoms. The molecule has 0 aromatic carbocycles. The van der Waals surface area contributed by atoms with Crippen LogP contribution in [0.2, 0.25) is 0 Å². The van der Waals surface area contributed by atoms with E-state index in [1.54, 1.807) is 11.1 Å². The minimum atomic E-state index is -0.240. The molecule has 1 aromatic rings. The molecule has 1 aliphatic carbocycles. The fourth-order valence-corrected chi connectivity index (χ4v) is 3.64. The summed E-state index contributed by atoms with van der Waals surface area (Å²) in [6.45, 7) is 4.02. The van der Waals surface area contributed by atoms with Gasteiger partial charge in [0, 0.05) is 31.4 Å². The Morgan fingerprint density at radius 2 is 2.03 bits per heavy atom. The van der Waals surface area contributed by atoms with Gasteiger partial charge in [-0.15, -0.1) is 24.0 Å². The Morgan fingerprint density at radius 3 is 2.72 bits per heavy atom. The number of rotatable bonds is 6. The zero-order valence-corrected chi connectivity index (χ0v) is 19.3. The van der Waals surface area contributed by atoms with Crippen LogP contribution >= 0.6 is 24.0 Å². The van der Waals surface area contributed by atoms with Crippen molar-refractivity contribution >= 4 is 36.0 Å². The van der Waals surface area contributed by atoms with E-state index in [2.05, 4.69) is 15.3 Å². The van der Waals surface area contributed by atoms with E-state index in [9.17, 15) is 4.79 Å². The smallest absolute Gasteiger partial charge is 0.409 e. The molecular formula is C20H32IN5O3. The zero-order chi connectivity index (χ0) is 19.8. The number of carbonyl (C=O) groups is 1. The summed E-state index contributed by atoms with van der Waals surface area (Å²) < 4.78 is 11.0. The van der Waals surface area contributed by atoms with Crippen molar-refractivity contribution in [2.75, 3.05) is 19.7 Å². The summed E-state index contributed by atoms with van der Waals surface area (Å²) in [6.07, 6.45) is 8.13.